The number of sulfone groups is 1. The molecule has 2 aliphatic heterocycles. The van der Waals surface area contributed by atoms with Crippen molar-refractivity contribution < 1.29 is 26.4 Å². The molecule has 26 heavy (non-hydrogen) atoms. The second-order valence-electron chi connectivity index (χ2n) is 7.30. The van der Waals surface area contributed by atoms with Gasteiger partial charge in [0.1, 0.15) is 9.84 Å². The van der Waals surface area contributed by atoms with Crippen molar-refractivity contribution in [3.8, 4) is 0 Å². The first-order valence-electron chi connectivity index (χ1n) is 8.72. The molecule has 1 aromatic rings. The molecule has 2 aliphatic rings. The maximum atomic E-state index is 12.6. The Morgan fingerprint density at radius 3 is 2.12 bits per heavy atom. The fourth-order valence-electron chi connectivity index (χ4n) is 4.12. The molecule has 2 heterocycles. The summed E-state index contributed by atoms with van der Waals surface area (Å²) in [6, 6.07) is 4.80. The Balaban J connectivity index is 1.59. The average Bonchev–Trinajstić information content (AvgIpc) is 2.81. The highest BCUT2D eigenvalue weighted by Gasteiger charge is 2.45. The van der Waals surface area contributed by atoms with Gasteiger partial charge in [-0.25, -0.2) is 8.42 Å². The third-order valence-corrected chi connectivity index (χ3v) is 7.09. The highest BCUT2D eigenvalue weighted by Crippen LogP contribution is 2.38. The van der Waals surface area contributed by atoms with Crippen LogP contribution in [0.25, 0.3) is 0 Å². The molecule has 2 bridgehead atoms. The minimum Gasteiger partial charge on any atom is -0.337 e. The number of carbonyl (C=O) groups is 1. The summed E-state index contributed by atoms with van der Waals surface area (Å²) in [5.41, 5.74) is -0.0156. The average molecular weight is 389 g/mol. The smallest absolute Gasteiger partial charge is 0.337 e. The second-order valence-corrected chi connectivity index (χ2v) is 9.63. The van der Waals surface area contributed by atoms with Crippen LogP contribution in [0.3, 0.4) is 0 Å². The van der Waals surface area contributed by atoms with Gasteiger partial charge in [0.2, 0.25) is 5.91 Å². The summed E-state index contributed by atoms with van der Waals surface area (Å²) < 4.78 is 61.4. The Hall–Kier alpha value is -1.57. The SMILES string of the molecule is CS(=O)(=O)C1CC2CCC(C1)N2C(=O)CCc1ccc(C(F)(F)F)cc1. The summed E-state index contributed by atoms with van der Waals surface area (Å²) in [5, 5.41) is -0.376. The van der Waals surface area contributed by atoms with E-state index in [1.54, 1.807) is 0 Å². The lowest BCUT2D eigenvalue weighted by Crippen LogP contribution is -2.49. The number of aryl methyl sites for hydroxylation is 1. The monoisotopic (exact) mass is 389 g/mol. The van der Waals surface area contributed by atoms with E-state index in [2.05, 4.69) is 0 Å². The third-order valence-electron chi connectivity index (χ3n) is 5.49. The van der Waals surface area contributed by atoms with Crippen LogP contribution in [0.2, 0.25) is 0 Å². The molecule has 0 spiro atoms. The van der Waals surface area contributed by atoms with Crippen molar-refractivity contribution in [2.24, 2.45) is 0 Å². The minimum absolute atomic E-state index is 0.0337. The van der Waals surface area contributed by atoms with Crippen molar-refractivity contribution in [2.75, 3.05) is 6.26 Å². The third kappa shape index (κ3) is 4.05. The van der Waals surface area contributed by atoms with Crippen LogP contribution in [0.4, 0.5) is 13.2 Å². The quantitative estimate of drug-likeness (QED) is 0.795. The van der Waals surface area contributed by atoms with E-state index in [1.165, 1.54) is 18.4 Å². The molecule has 0 saturated carbocycles. The Morgan fingerprint density at radius 1 is 1.12 bits per heavy atom. The van der Waals surface area contributed by atoms with Crippen LogP contribution in [0.15, 0.2) is 24.3 Å². The first-order valence-corrected chi connectivity index (χ1v) is 10.7. The number of halogens is 3. The number of hydrogen-bond donors (Lipinski definition) is 0. The summed E-state index contributed by atoms with van der Waals surface area (Å²) in [7, 11) is -3.10. The molecule has 8 heteroatoms. The van der Waals surface area contributed by atoms with Crippen molar-refractivity contribution in [3.05, 3.63) is 35.4 Å². The molecule has 3 rings (SSSR count). The highest BCUT2D eigenvalue weighted by molar-refractivity contribution is 7.91. The van der Waals surface area contributed by atoms with Gasteiger partial charge in [0.05, 0.1) is 10.8 Å². The summed E-state index contributed by atoms with van der Waals surface area (Å²) in [6.45, 7) is 0. The van der Waals surface area contributed by atoms with Crippen molar-refractivity contribution >= 4 is 15.7 Å². The summed E-state index contributed by atoms with van der Waals surface area (Å²) >= 11 is 0. The second kappa shape index (κ2) is 6.87. The molecule has 144 valence electrons. The first kappa shape index (κ1) is 19.2. The van der Waals surface area contributed by atoms with Gasteiger partial charge in [-0.1, -0.05) is 12.1 Å². The molecular formula is C18H22F3NO3S. The topological polar surface area (TPSA) is 54.5 Å². The van der Waals surface area contributed by atoms with E-state index in [-0.39, 0.29) is 29.7 Å². The van der Waals surface area contributed by atoms with Gasteiger partial charge >= 0.3 is 6.18 Å². The number of carbonyl (C=O) groups excluding carboxylic acids is 1. The number of piperidine rings is 1. The van der Waals surface area contributed by atoms with E-state index in [1.807, 2.05) is 4.90 Å². The van der Waals surface area contributed by atoms with Gasteiger partial charge in [-0.3, -0.25) is 4.79 Å². The van der Waals surface area contributed by atoms with Crippen LogP contribution in [0, 0.1) is 0 Å². The van der Waals surface area contributed by atoms with Crippen molar-refractivity contribution in [1.82, 2.24) is 4.90 Å². The lowest BCUT2D eigenvalue weighted by atomic mass is 10.0. The number of rotatable bonds is 4. The van der Waals surface area contributed by atoms with E-state index in [4.69, 9.17) is 0 Å². The number of nitrogens with zero attached hydrogens (tertiary/aromatic N) is 1. The zero-order valence-electron chi connectivity index (χ0n) is 14.5. The number of amides is 1. The van der Waals surface area contributed by atoms with E-state index in [9.17, 15) is 26.4 Å². The van der Waals surface area contributed by atoms with Crippen LogP contribution >= 0.6 is 0 Å². The van der Waals surface area contributed by atoms with Gasteiger partial charge < -0.3 is 4.90 Å². The molecule has 4 nitrogen and oxygen atoms in total. The van der Waals surface area contributed by atoms with Crippen molar-refractivity contribution in [2.45, 2.75) is 62.0 Å². The normalized spacial score (nSPS) is 26.2. The molecule has 1 aromatic carbocycles. The molecule has 2 atom stereocenters. The molecule has 1 amide bonds. The largest absolute Gasteiger partial charge is 0.416 e. The van der Waals surface area contributed by atoms with Gasteiger partial charge in [-0.05, 0) is 49.8 Å². The van der Waals surface area contributed by atoms with Crippen LogP contribution in [-0.2, 0) is 27.2 Å². The Bertz CT molecular complexity index is 760. The zero-order chi connectivity index (χ0) is 19.1. The van der Waals surface area contributed by atoms with E-state index in [0.29, 0.717) is 24.8 Å². The predicted molar refractivity (Wildman–Crippen MR) is 91.3 cm³/mol. The fourth-order valence-corrected chi connectivity index (χ4v) is 5.27. The van der Waals surface area contributed by atoms with Gasteiger partial charge in [-0.2, -0.15) is 13.2 Å². The van der Waals surface area contributed by atoms with Crippen LogP contribution in [-0.4, -0.2) is 42.8 Å². The Labute approximate surface area is 151 Å². The molecule has 0 aliphatic carbocycles. The summed E-state index contributed by atoms with van der Waals surface area (Å²) in [4.78, 5) is 14.4. The number of benzene rings is 1. The minimum atomic E-state index is -4.36. The first-order chi connectivity index (χ1) is 12.1. The molecule has 2 fully saturated rings. The molecule has 2 unspecified atom stereocenters. The fraction of sp³-hybridized carbons (Fsp3) is 0.611. The number of alkyl halides is 3. The van der Waals surface area contributed by atoms with Gasteiger partial charge in [-0.15, -0.1) is 0 Å². The van der Waals surface area contributed by atoms with Crippen LogP contribution in [0.1, 0.15) is 43.2 Å². The van der Waals surface area contributed by atoms with Gasteiger partial charge in [0, 0.05) is 24.8 Å². The maximum Gasteiger partial charge on any atom is 0.416 e. The molecule has 0 aromatic heterocycles. The predicted octanol–water partition coefficient (Wildman–Crippen LogP) is 3.20. The van der Waals surface area contributed by atoms with E-state index >= 15 is 0 Å². The van der Waals surface area contributed by atoms with E-state index < -0.39 is 21.6 Å². The lowest BCUT2D eigenvalue weighted by Gasteiger charge is -2.38. The van der Waals surface area contributed by atoms with Gasteiger partial charge in [0.25, 0.3) is 0 Å². The molecule has 0 radical (unpaired) electrons. The van der Waals surface area contributed by atoms with Crippen molar-refractivity contribution in [3.63, 3.8) is 0 Å². The summed E-state index contributed by atoms with van der Waals surface area (Å²) in [5.74, 6) is -0.0376. The van der Waals surface area contributed by atoms with E-state index in [0.717, 1.165) is 25.0 Å². The molecular weight excluding hydrogens is 367 g/mol. The molecule has 2 saturated heterocycles. The molecule has 0 N–H and O–H groups in total. The Morgan fingerprint density at radius 2 is 1.65 bits per heavy atom. The van der Waals surface area contributed by atoms with Crippen molar-refractivity contribution in [1.29, 1.82) is 0 Å². The summed E-state index contributed by atoms with van der Waals surface area (Å²) in [6.07, 6.45) is 0.106. The number of fused-ring (bicyclic) bond motifs is 2. The highest BCUT2D eigenvalue weighted by atomic mass is 32.2. The zero-order valence-corrected chi connectivity index (χ0v) is 15.3. The lowest BCUT2D eigenvalue weighted by molar-refractivity contribution is -0.138. The van der Waals surface area contributed by atoms with Crippen LogP contribution < -0.4 is 0 Å². The van der Waals surface area contributed by atoms with Crippen LogP contribution in [0.5, 0.6) is 0 Å². The number of hydrogen-bond acceptors (Lipinski definition) is 3. The van der Waals surface area contributed by atoms with Gasteiger partial charge in [0.15, 0.2) is 0 Å². The maximum absolute atomic E-state index is 12.6. The Kier molecular flexibility index (Phi) is 5.07. The standard InChI is InChI=1S/C18H22F3NO3S/c1-26(24,25)16-10-14-7-8-15(11-16)22(14)17(23)9-4-12-2-5-13(6-3-12)18(19,20)21/h2-3,5-6,14-16H,4,7-11H2,1H3.